The number of nitrogens with zero attached hydrogens (tertiary/aromatic N) is 2. The number of rotatable bonds is 6. The number of aromatic nitrogens is 3. The maximum absolute atomic E-state index is 12.3. The van der Waals surface area contributed by atoms with E-state index in [4.69, 9.17) is 9.15 Å². The number of ether oxygens (including phenoxy) is 1. The van der Waals surface area contributed by atoms with Gasteiger partial charge in [-0.1, -0.05) is 18.2 Å². The molecule has 0 atom stereocenters. The average molecular weight is 376 g/mol. The van der Waals surface area contributed by atoms with E-state index in [0.29, 0.717) is 17.5 Å². The van der Waals surface area contributed by atoms with Gasteiger partial charge < -0.3 is 19.5 Å². The molecule has 142 valence electrons. The first kappa shape index (κ1) is 17.8. The van der Waals surface area contributed by atoms with Gasteiger partial charge in [-0.2, -0.15) is 0 Å². The molecule has 0 fully saturated rings. The molecule has 28 heavy (non-hydrogen) atoms. The zero-order chi connectivity index (χ0) is 19.5. The highest BCUT2D eigenvalue weighted by Crippen LogP contribution is 2.17. The van der Waals surface area contributed by atoms with Crippen LogP contribution in [0.1, 0.15) is 33.3 Å². The molecule has 7 heteroatoms. The summed E-state index contributed by atoms with van der Waals surface area (Å²) in [5.74, 6) is 1.40. The molecule has 0 aliphatic heterocycles. The van der Waals surface area contributed by atoms with E-state index in [1.165, 1.54) is 17.4 Å². The van der Waals surface area contributed by atoms with Crippen molar-refractivity contribution in [2.24, 2.45) is 0 Å². The molecule has 0 bridgehead atoms. The molecule has 0 saturated carbocycles. The number of imidazole rings is 1. The van der Waals surface area contributed by atoms with Crippen LogP contribution in [0.2, 0.25) is 0 Å². The monoisotopic (exact) mass is 376 g/mol. The van der Waals surface area contributed by atoms with Gasteiger partial charge >= 0.3 is 0 Å². The maximum atomic E-state index is 12.3. The van der Waals surface area contributed by atoms with E-state index in [-0.39, 0.29) is 24.8 Å². The molecular weight excluding hydrogens is 356 g/mol. The summed E-state index contributed by atoms with van der Waals surface area (Å²) in [7, 11) is 0. The third-order valence-electron chi connectivity index (χ3n) is 4.45. The molecule has 0 aliphatic rings. The Labute approximate surface area is 161 Å². The van der Waals surface area contributed by atoms with Crippen LogP contribution in [0, 0.1) is 13.8 Å². The lowest BCUT2D eigenvalue weighted by Crippen LogP contribution is -2.23. The first-order valence-electron chi connectivity index (χ1n) is 8.95. The lowest BCUT2D eigenvalue weighted by molar-refractivity contribution is 0.0945. The van der Waals surface area contributed by atoms with Gasteiger partial charge in [-0.15, -0.1) is 0 Å². The Morgan fingerprint density at radius 1 is 1.14 bits per heavy atom. The quantitative estimate of drug-likeness (QED) is 0.535. The number of fused-ring (bicyclic) bond motifs is 1. The predicted molar refractivity (Wildman–Crippen MR) is 104 cm³/mol. The number of nitrogens with one attached hydrogen (secondary N) is 2. The van der Waals surface area contributed by atoms with E-state index in [9.17, 15) is 4.79 Å². The average Bonchev–Trinajstić information content (AvgIpc) is 3.32. The molecule has 0 saturated heterocycles. The highest BCUT2D eigenvalue weighted by atomic mass is 16.5. The zero-order valence-electron chi connectivity index (χ0n) is 15.7. The molecule has 0 radical (unpaired) electrons. The third kappa shape index (κ3) is 3.88. The Bertz CT molecular complexity index is 1080. The lowest BCUT2D eigenvalue weighted by Gasteiger charge is -2.02. The van der Waals surface area contributed by atoms with Gasteiger partial charge in [0.1, 0.15) is 17.8 Å². The molecular formula is C21H20N4O3. The number of aryl methyl sites for hydroxylation is 2. The molecule has 4 rings (SSSR count). The largest absolute Gasteiger partial charge is 0.484 e. The van der Waals surface area contributed by atoms with Crippen LogP contribution in [0.25, 0.3) is 11.0 Å². The van der Waals surface area contributed by atoms with Gasteiger partial charge in [0, 0.05) is 0 Å². The number of aromatic amines is 1. The fourth-order valence-corrected chi connectivity index (χ4v) is 2.80. The maximum Gasteiger partial charge on any atom is 0.273 e. The molecule has 4 aromatic rings. The van der Waals surface area contributed by atoms with E-state index in [1.807, 2.05) is 36.4 Å². The summed E-state index contributed by atoms with van der Waals surface area (Å²) in [6.45, 7) is 4.53. The number of H-pyrrole nitrogens is 1. The summed E-state index contributed by atoms with van der Waals surface area (Å²) in [5.41, 5.74) is 4.42. The number of benzene rings is 2. The number of oxazole rings is 1. The number of hydrogen-bond acceptors (Lipinski definition) is 5. The van der Waals surface area contributed by atoms with Crippen LogP contribution in [0.4, 0.5) is 0 Å². The summed E-state index contributed by atoms with van der Waals surface area (Å²) >= 11 is 0. The zero-order valence-corrected chi connectivity index (χ0v) is 15.7. The van der Waals surface area contributed by atoms with Gasteiger partial charge in [-0.25, -0.2) is 9.97 Å². The number of carbonyl (C=O) groups excluding carboxylic acids is 1. The van der Waals surface area contributed by atoms with Gasteiger partial charge in [0.15, 0.2) is 12.3 Å². The molecule has 2 aromatic carbocycles. The second kappa shape index (κ2) is 7.56. The van der Waals surface area contributed by atoms with Crippen LogP contribution in [-0.2, 0) is 13.2 Å². The van der Waals surface area contributed by atoms with Crippen LogP contribution in [-0.4, -0.2) is 20.9 Å². The van der Waals surface area contributed by atoms with Crippen LogP contribution >= 0.6 is 0 Å². The number of hydrogen-bond donors (Lipinski definition) is 2. The van der Waals surface area contributed by atoms with Crippen molar-refractivity contribution in [3.63, 3.8) is 0 Å². The number of amides is 1. The Morgan fingerprint density at radius 3 is 2.75 bits per heavy atom. The SMILES string of the molecule is Cc1cc2nc(CNC(=O)c3coc(COc4ccccc4)n3)[nH]c2cc1C. The standard InChI is InChI=1S/C21H20N4O3/c1-13-8-16-17(9-14(13)2)24-19(23-16)10-22-21(26)18-11-28-20(25-18)12-27-15-6-4-3-5-7-15/h3-9,11H,10,12H2,1-2H3,(H,22,26)(H,23,24). The minimum absolute atomic E-state index is 0.152. The summed E-state index contributed by atoms with van der Waals surface area (Å²) < 4.78 is 10.9. The van der Waals surface area contributed by atoms with Crippen LogP contribution in [0.15, 0.2) is 53.1 Å². The topological polar surface area (TPSA) is 93.0 Å². The summed E-state index contributed by atoms with van der Waals surface area (Å²) in [4.78, 5) is 24.2. The third-order valence-corrected chi connectivity index (χ3v) is 4.45. The normalized spacial score (nSPS) is 10.9. The van der Waals surface area contributed by atoms with Gasteiger partial charge in [-0.05, 0) is 49.2 Å². The van der Waals surface area contributed by atoms with Crippen LogP contribution in [0.3, 0.4) is 0 Å². The first-order valence-corrected chi connectivity index (χ1v) is 8.95. The van der Waals surface area contributed by atoms with Crippen molar-refractivity contribution in [3.8, 4) is 5.75 Å². The van der Waals surface area contributed by atoms with E-state index < -0.39 is 0 Å². The van der Waals surface area contributed by atoms with Crippen molar-refractivity contribution < 1.29 is 13.9 Å². The molecule has 7 nitrogen and oxygen atoms in total. The van der Waals surface area contributed by atoms with Crippen molar-refractivity contribution in [1.29, 1.82) is 0 Å². The molecule has 0 spiro atoms. The Hall–Kier alpha value is -3.61. The fourth-order valence-electron chi connectivity index (χ4n) is 2.80. The van der Waals surface area contributed by atoms with E-state index >= 15 is 0 Å². The Balaban J connectivity index is 1.36. The Morgan fingerprint density at radius 2 is 1.93 bits per heavy atom. The predicted octanol–water partition coefficient (Wildman–Crippen LogP) is 3.68. The first-order chi connectivity index (χ1) is 13.6. The molecule has 0 aliphatic carbocycles. The van der Waals surface area contributed by atoms with Crippen molar-refractivity contribution in [2.75, 3.05) is 0 Å². The van der Waals surface area contributed by atoms with Crippen molar-refractivity contribution in [3.05, 3.63) is 77.3 Å². The van der Waals surface area contributed by atoms with Gasteiger partial charge in [0.2, 0.25) is 5.89 Å². The molecule has 0 unspecified atom stereocenters. The summed E-state index contributed by atoms with van der Waals surface area (Å²) in [6, 6.07) is 13.4. The summed E-state index contributed by atoms with van der Waals surface area (Å²) in [5, 5.41) is 2.80. The van der Waals surface area contributed by atoms with Crippen molar-refractivity contribution in [1.82, 2.24) is 20.3 Å². The van der Waals surface area contributed by atoms with Crippen LogP contribution in [0.5, 0.6) is 5.75 Å². The number of para-hydroxylation sites is 1. The molecule has 2 heterocycles. The van der Waals surface area contributed by atoms with E-state index in [0.717, 1.165) is 11.0 Å². The van der Waals surface area contributed by atoms with Gasteiger partial charge in [0.05, 0.1) is 17.6 Å². The smallest absolute Gasteiger partial charge is 0.273 e. The Kier molecular flexibility index (Phi) is 4.80. The minimum Gasteiger partial charge on any atom is -0.484 e. The van der Waals surface area contributed by atoms with E-state index in [1.54, 1.807) is 0 Å². The second-order valence-electron chi connectivity index (χ2n) is 6.55. The van der Waals surface area contributed by atoms with Gasteiger partial charge in [-0.3, -0.25) is 4.79 Å². The molecule has 2 aromatic heterocycles. The fraction of sp³-hybridized carbons (Fsp3) is 0.190. The van der Waals surface area contributed by atoms with Gasteiger partial charge in [0.25, 0.3) is 5.91 Å². The molecule has 2 N–H and O–H groups in total. The lowest BCUT2D eigenvalue weighted by atomic mass is 10.1. The highest BCUT2D eigenvalue weighted by molar-refractivity contribution is 5.91. The summed E-state index contributed by atoms with van der Waals surface area (Å²) in [6.07, 6.45) is 1.32. The second-order valence-corrected chi connectivity index (χ2v) is 6.55. The molecule has 1 amide bonds. The number of carbonyl (C=O) groups is 1. The van der Waals surface area contributed by atoms with E-state index in [2.05, 4.69) is 40.2 Å². The highest BCUT2D eigenvalue weighted by Gasteiger charge is 2.13. The minimum atomic E-state index is -0.331. The van der Waals surface area contributed by atoms with Crippen molar-refractivity contribution in [2.45, 2.75) is 27.0 Å². The van der Waals surface area contributed by atoms with Crippen molar-refractivity contribution >= 4 is 16.9 Å². The van der Waals surface area contributed by atoms with Crippen LogP contribution < -0.4 is 10.1 Å².